The van der Waals surface area contributed by atoms with Crippen LogP contribution in [0.15, 0.2) is 12.1 Å². The first-order chi connectivity index (χ1) is 8.75. The molecule has 2 aliphatic heterocycles. The van der Waals surface area contributed by atoms with E-state index in [1.54, 1.807) is 0 Å². The second-order valence-electron chi connectivity index (χ2n) is 4.56. The number of hydrogen-bond donors (Lipinski definition) is 2. The van der Waals surface area contributed by atoms with Crippen LogP contribution in [0.25, 0.3) is 0 Å². The summed E-state index contributed by atoms with van der Waals surface area (Å²) in [5, 5.41) is 11.1. The Morgan fingerprint density at radius 1 is 1.39 bits per heavy atom. The summed E-state index contributed by atoms with van der Waals surface area (Å²) in [5.41, 5.74) is 4.76. The van der Waals surface area contributed by atoms with Gasteiger partial charge in [0, 0.05) is 0 Å². The van der Waals surface area contributed by atoms with E-state index in [4.69, 9.17) is 14.6 Å². The molecule has 0 aliphatic carbocycles. The van der Waals surface area contributed by atoms with Gasteiger partial charge in [0.05, 0.1) is 26.4 Å². The zero-order valence-electron chi connectivity index (χ0n) is 9.94. The van der Waals surface area contributed by atoms with Crippen molar-refractivity contribution in [2.45, 2.75) is 25.7 Å². The Labute approximate surface area is 105 Å². The molecule has 0 spiro atoms. The van der Waals surface area contributed by atoms with E-state index in [1.165, 1.54) is 16.7 Å². The Morgan fingerprint density at radius 2 is 2.22 bits per heavy atom. The standard InChI is InChI=1S/C13H15NO4/c15-13(16)14-5-11-12-8(3-4-18-11)1-2-9-6-17-7-10(9)12/h1-2,11,14H,3-7H2,(H,15,16). The van der Waals surface area contributed by atoms with Gasteiger partial charge in [0.2, 0.25) is 0 Å². The fraction of sp³-hybridized carbons (Fsp3) is 0.462. The Balaban J connectivity index is 1.93. The molecule has 1 unspecified atom stereocenters. The lowest BCUT2D eigenvalue weighted by atomic mass is 9.90. The molecule has 1 atom stereocenters. The molecule has 1 aromatic carbocycles. The summed E-state index contributed by atoms with van der Waals surface area (Å²) in [6, 6.07) is 4.22. The molecule has 96 valence electrons. The number of carbonyl (C=O) groups is 1. The summed E-state index contributed by atoms with van der Waals surface area (Å²) in [4.78, 5) is 10.6. The van der Waals surface area contributed by atoms with Crippen LogP contribution in [-0.2, 0) is 29.1 Å². The van der Waals surface area contributed by atoms with Gasteiger partial charge in [-0.3, -0.25) is 0 Å². The van der Waals surface area contributed by atoms with Gasteiger partial charge in [-0.25, -0.2) is 4.79 Å². The lowest BCUT2D eigenvalue weighted by Crippen LogP contribution is -2.31. The van der Waals surface area contributed by atoms with Crippen LogP contribution in [0.2, 0.25) is 0 Å². The lowest BCUT2D eigenvalue weighted by Gasteiger charge is -2.28. The maximum atomic E-state index is 10.6. The number of nitrogens with one attached hydrogen (secondary N) is 1. The summed E-state index contributed by atoms with van der Waals surface area (Å²) in [7, 11) is 0. The number of rotatable bonds is 2. The van der Waals surface area contributed by atoms with Crippen LogP contribution in [0.4, 0.5) is 4.79 Å². The highest BCUT2D eigenvalue weighted by Gasteiger charge is 2.28. The van der Waals surface area contributed by atoms with Gasteiger partial charge in [-0.2, -0.15) is 0 Å². The van der Waals surface area contributed by atoms with Crippen molar-refractivity contribution in [1.82, 2.24) is 5.32 Å². The van der Waals surface area contributed by atoms with E-state index in [0.717, 1.165) is 12.0 Å². The van der Waals surface area contributed by atoms with Crippen LogP contribution < -0.4 is 5.32 Å². The first-order valence-electron chi connectivity index (χ1n) is 6.05. The molecule has 5 nitrogen and oxygen atoms in total. The molecule has 0 fully saturated rings. The van der Waals surface area contributed by atoms with E-state index in [9.17, 15) is 4.79 Å². The minimum atomic E-state index is -1.02. The van der Waals surface area contributed by atoms with Gasteiger partial charge in [0.25, 0.3) is 0 Å². The predicted molar refractivity (Wildman–Crippen MR) is 63.4 cm³/mol. The minimum absolute atomic E-state index is 0.193. The van der Waals surface area contributed by atoms with E-state index in [2.05, 4.69) is 17.4 Å². The van der Waals surface area contributed by atoms with E-state index >= 15 is 0 Å². The molecule has 1 amide bonds. The van der Waals surface area contributed by atoms with Gasteiger partial charge in [0.15, 0.2) is 0 Å². The molecule has 0 saturated carbocycles. The molecule has 3 rings (SSSR count). The third kappa shape index (κ3) is 1.95. The van der Waals surface area contributed by atoms with Crippen LogP contribution in [0.5, 0.6) is 0 Å². The quantitative estimate of drug-likeness (QED) is 0.835. The Kier molecular flexibility index (Phi) is 2.93. The largest absolute Gasteiger partial charge is 0.465 e. The number of amides is 1. The van der Waals surface area contributed by atoms with Gasteiger partial charge in [-0.05, 0) is 28.7 Å². The van der Waals surface area contributed by atoms with Crippen molar-refractivity contribution in [1.29, 1.82) is 0 Å². The van der Waals surface area contributed by atoms with Crippen LogP contribution in [-0.4, -0.2) is 24.4 Å². The first-order valence-corrected chi connectivity index (χ1v) is 6.05. The summed E-state index contributed by atoms with van der Waals surface area (Å²) in [6.45, 7) is 2.17. The first kappa shape index (κ1) is 11.5. The van der Waals surface area contributed by atoms with Crippen molar-refractivity contribution in [2.24, 2.45) is 0 Å². The van der Waals surface area contributed by atoms with Gasteiger partial charge in [0.1, 0.15) is 6.10 Å². The minimum Gasteiger partial charge on any atom is -0.465 e. The van der Waals surface area contributed by atoms with Crippen molar-refractivity contribution in [3.8, 4) is 0 Å². The third-order valence-electron chi connectivity index (χ3n) is 3.50. The van der Waals surface area contributed by atoms with Crippen LogP contribution in [0.1, 0.15) is 28.4 Å². The average molecular weight is 249 g/mol. The predicted octanol–water partition coefficient (Wildman–Crippen LogP) is 1.60. The summed E-state index contributed by atoms with van der Waals surface area (Å²) in [6.07, 6.45) is -0.331. The fourth-order valence-corrected chi connectivity index (χ4v) is 2.68. The second kappa shape index (κ2) is 4.59. The highest BCUT2D eigenvalue weighted by molar-refractivity contribution is 5.64. The molecule has 2 aliphatic rings. The molecule has 2 heterocycles. The molecular weight excluding hydrogens is 234 g/mol. The Morgan fingerprint density at radius 3 is 3.06 bits per heavy atom. The van der Waals surface area contributed by atoms with Crippen molar-refractivity contribution < 1.29 is 19.4 Å². The Bertz CT molecular complexity index is 486. The third-order valence-corrected chi connectivity index (χ3v) is 3.50. The number of benzene rings is 1. The normalized spacial score (nSPS) is 21.2. The molecule has 1 aromatic rings. The molecule has 0 aromatic heterocycles. The van der Waals surface area contributed by atoms with Gasteiger partial charge < -0.3 is 19.9 Å². The van der Waals surface area contributed by atoms with Crippen LogP contribution >= 0.6 is 0 Å². The van der Waals surface area contributed by atoms with Gasteiger partial charge >= 0.3 is 6.09 Å². The maximum absolute atomic E-state index is 10.6. The van der Waals surface area contributed by atoms with Gasteiger partial charge in [-0.15, -0.1) is 0 Å². The number of carboxylic acid groups (broad SMARTS) is 1. The zero-order valence-corrected chi connectivity index (χ0v) is 9.94. The molecule has 5 heteroatoms. The maximum Gasteiger partial charge on any atom is 0.404 e. The van der Waals surface area contributed by atoms with Crippen molar-refractivity contribution >= 4 is 6.09 Å². The van der Waals surface area contributed by atoms with E-state index in [1.807, 2.05) is 0 Å². The highest BCUT2D eigenvalue weighted by atomic mass is 16.5. The fourth-order valence-electron chi connectivity index (χ4n) is 2.68. The molecule has 0 bridgehead atoms. The van der Waals surface area contributed by atoms with Gasteiger partial charge in [-0.1, -0.05) is 12.1 Å². The second-order valence-corrected chi connectivity index (χ2v) is 4.56. The average Bonchev–Trinajstić information content (AvgIpc) is 2.84. The van der Waals surface area contributed by atoms with E-state index in [-0.39, 0.29) is 6.10 Å². The molecule has 18 heavy (non-hydrogen) atoms. The molecule has 2 N–H and O–H groups in total. The number of hydrogen-bond acceptors (Lipinski definition) is 3. The van der Waals surface area contributed by atoms with E-state index < -0.39 is 6.09 Å². The summed E-state index contributed by atoms with van der Waals surface area (Å²) < 4.78 is 11.2. The number of ether oxygens (including phenoxy) is 2. The highest BCUT2D eigenvalue weighted by Crippen LogP contribution is 2.35. The topological polar surface area (TPSA) is 67.8 Å². The van der Waals surface area contributed by atoms with Crippen molar-refractivity contribution in [2.75, 3.05) is 13.2 Å². The lowest BCUT2D eigenvalue weighted by molar-refractivity contribution is 0.0409. The molecule has 0 saturated heterocycles. The van der Waals surface area contributed by atoms with Crippen LogP contribution in [0, 0.1) is 0 Å². The monoisotopic (exact) mass is 249 g/mol. The zero-order chi connectivity index (χ0) is 12.5. The van der Waals surface area contributed by atoms with Crippen molar-refractivity contribution in [3.05, 3.63) is 34.4 Å². The number of fused-ring (bicyclic) bond motifs is 3. The Hall–Kier alpha value is -1.59. The molecule has 0 radical (unpaired) electrons. The summed E-state index contributed by atoms with van der Waals surface area (Å²) in [5.74, 6) is 0. The molecular formula is C13H15NO4. The van der Waals surface area contributed by atoms with Crippen molar-refractivity contribution in [3.63, 3.8) is 0 Å². The van der Waals surface area contributed by atoms with Crippen LogP contribution in [0.3, 0.4) is 0 Å². The smallest absolute Gasteiger partial charge is 0.404 e. The summed E-state index contributed by atoms with van der Waals surface area (Å²) >= 11 is 0. The van der Waals surface area contributed by atoms with E-state index in [0.29, 0.717) is 26.4 Å². The SMILES string of the molecule is O=C(O)NCC1OCCc2ccc3c(c21)COC3.